The van der Waals surface area contributed by atoms with E-state index in [0.29, 0.717) is 29.1 Å². The highest BCUT2D eigenvalue weighted by atomic mass is 32.1. The summed E-state index contributed by atoms with van der Waals surface area (Å²) in [6.45, 7) is 0.731. The minimum atomic E-state index is -0.472. The second-order valence-corrected chi connectivity index (χ2v) is 7.75. The smallest absolute Gasteiger partial charge is 0.165 e. The Labute approximate surface area is 184 Å². The Bertz CT molecular complexity index is 1230. The van der Waals surface area contributed by atoms with Gasteiger partial charge in [-0.2, -0.15) is 0 Å². The molecule has 0 atom stereocenters. The molecule has 4 aromatic rings. The summed E-state index contributed by atoms with van der Waals surface area (Å²) in [4.78, 5) is 13.0. The highest BCUT2D eigenvalue weighted by molar-refractivity contribution is 7.18. The van der Waals surface area contributed by atoms with Crippen molar-refractivity contribution in [2.24, 2.45) is 0 Å². The molecule has 156 valence electrons. The summed E-state index contributed by atoms with van der Waals surface area (Å²) in [6.07, 6.45) is 4.96. The second-order valence-electron chi connectivity index (χ2n) is 6.87. The molecule has 0 aliphatic rings. The molecule has 0 unspecified atom stereocenters. The van der Waals surface area contributed by atoms with Crippen LogP contribution in [-0.4, -0.2) is 33.2 Å². The molecule has 0 aliphatic heterocycles. The second kappa shape index (κ2) is 10.1. The van der Waals surface area contributed by atoms with Crippen LogP contribution in [0.5, 0.6) is 0 Å². The number of aryl methyl sites for hydroxylation is 1. The van der Waals surface area contributed by atoms with Crippen molar-refractivity contribution < 1.29 is 9.50 Å². The van der Waals surface area contributed by atoms with E-state index in [1.165, 1.54) is 23.1 Å². The summed E-state index contributed by atoms with van der Waals surface area (Å²) in [5, 5.41) is 14.3. The first kappa shape index (κ1) is 20.9. The molecule has 3 aromatic heterocycles. The monoisotopic (exact) mass is 432 g/mol. The first-order valence-electron chi connectivity index (χ1n) is 10.0. The quantitative estimate of drug-likeness (QED) is 0.328. The van der Waals surface area contributed by atoms with Crippen LogP contribution in [0.4, 0.5) is 10.2 Å². The van der Waals surface area contributed by atoms with Crippen LogP contribution in [0.1, 0.15) is 24.0 Å². The standard InChI is InChI=1S/C24H21FN4OS/c25-20-15-26-13-11-19(20)23-28-21-18(10-4-5-14-30)16-31-22(21)24(29-23)27-12-6-9-17-7-2-1-3-8-17/h1-3,7-8,11,13,15-16,30H,5-6,9,12,14H2,(H,27,28,29). The number of nitrogens with zero attached hydrogens (tertiary/aromatic N) is 3. The highest BCUT2D eigenvalue weighted by Gasteiger charge is 2.16. The molecule has 0 saturated heterocycles. The maximum Gasteiger partial charge on any atom is 0.165 e. The van der Waals surface area contributed by atoms with Crippen LogP contribution < -0.4 is 5.32 Å². The van der Waals surface area contributed by atoms with Crippen LogP contribution in [0.2, 0.25) is 0 Å². The average molecular weight is 433 g/mol. The Morgan fingerprint density at radius 3 is 2.81 bits per heavy atom. The van der Waals surface area contributed by atoms with Crippen LogP contribution in [0.3, 0.4) is 0 Å². The van der Waals surface area contributed by atoms with Crippen molar-refractivity contribution in [2.45, 2.75) is 19.3 Å². The normalized spacial score (nSPS) is 10.6. The molecule has 4 rings (SSSR count). The molecule has 0 fully saturated rings. The van der Waals surface area contributed by atoms with Crippen molar-refractivity contribution in [3.63, 3.8) is 0 Å². The lowest BCUT2D eigenvalue weighted by molar-refractivity contribution is 0.305. The minimum absolute atomic E-state index is 0.00570. The third-order valence-corrected chi connectivity index (χ3v) is 5.64. The van der Waals surface area contributed by atoms with Gasteiger partial charge in [-0.05, 0) is 24.5 Å². The maximum absolute atomic E-state index is 14.4. The van der Waals surface area contributed by atoms with E-state index in [1.807, 2.05) is 23.6 Å². The number of benzene rings is 1. The third kappa shape index (κ3) is 5.05. The summed E-state index contributed by atoms with van der Waals surface area (Å²) in [5.41, 5.74) is 3.01. The molecule has 7 heteroatoms. The van der Waals surface area contributed by atoms with Gasteiger partial charge in [0.05, 0.1) is 28.6 Å². The van der Waals surface area contributed by atoms with Crippen molar-refractivity contribution >= 4 is 27.4 Å². The van der Waals surface area contributed by atoms with Crippen LogP contribution in [-0.2, 0) is 6.42 Å². The zero-order valence-corrected chi connectivity index (χ0v) is 17.6. The van der Waals surface area contributed by atoms with Crippen molar-refractivity contribution in [1.82, 2.24) is 15.0 Å². The molecule has 0 amide bonds. The van der Waals surface area contributed by atoms with Crippen molar-refractivity contribution in [2.75, 3.05) is 18.5 Å². The molecule has 31 heavy (non-hydrogen) atoms. The van der Waals surface area contributed by atoms with E-state index in [1.54, 1.807) is 6.07 Å². The van der Waals surface area contributed by atoms with E-state index >= 15 is 0 Å². The maximum atomic E-state index is 14.4. The first-order chi connectivity index (χ1) is 15.3. The Hall–Kier alpha value is -3.34. The van der Waals surface area contributed by atoms with Crippen molar-refractivity contribution in [3.05, 3.63) is 71.1 Å². The zero-order chi connectivity index (χ0) is 21.5. The van der Waals surface area contributed by atoms with Crippen LogP contribution in [0.15, 0.2) is 54.2 Å². The number of fused-ring (bicyclic) bond motifs is 1. The number of pyridine rings is 1. The number of hydrogen-bond acceptors (Lipinski definition) is 6. The van der Waals surface area contributed by atoms with E-state index in [0.717, 1.165) is 35.8 Å². The van der Waals surface area contributed by atoms with E-state index in [4.69, 9.17) is 5.11 Å². The average Bonchev–Trinajstić information content (AvgIpc) is 3.21. The van der Waals surface area contributed by atoms with Gasteiger partial charge in [0.15, 0.2) is 11.6 Å². The predicted octanol–water partition coefficient (Wildman–Crippen LogP) is 4.67. The molecule has 0 saturated carbocycles. The van der Waals surface area contributed by atoms with Gasteiger partial charge < -0.3 is 10.4 Å². The Morgan fingerprint density at radius 1 is 1.13 bits per heavy atom. The molecule has 2 N–H and O–H groups in total. The summed E-state index contributed by atoms with van der Waals surface area (Å²) >= 11 is 1.50. The van der Waals surface area contributed by atoms with Gasteiger partial charge in [0, 0.05) is 24.5 Å². The molecule has 0 radical (unpaired) electrons. The summed E-state index contributed by atoms with van der Waals surface area (Å²) in [7, 11) is 0. The lowest BCUT2D eigenvalue weighted by atomic mass is 10.1. The van der Waals surface area contributed by atoms with E-state index in [2.05, 4.69) is 44.2 Å². The van der Waals surface area contributed by atoms with Gasteiger partial charge in [-0.3, -0.25) is 4.98 Å². The van der Waals surface area contributed by atoms with Gasteiger partial charge in [0.1, 0.15) is 11.3 Å². The van der Waals surface area contributed by atoms with Crippen molar-refractivity contribution in [3.8, 4) is 23.2 Å². The lowest BCUT2D eigenvalue weighted by Crippen LogP contribution is -2.06. The number of nitrogens with one attached hydrogen (secondary N) is 1. The number of halogens is 1. The van der Waals surface area contributed by atoms with Gasteiger partial charge in [-0.25, -0.2) is 14.4 Å². The fourth-order valence-electron chi connectivity index (χ4n) is 3.16. The first-order valence-corrected chi connectivity index (χ1v) is 10.9. The number of aliphatic hydroxyl groups excluding tert-OH is 1. The molecule has 0 bridgehead atoms. The molecular weight excluding hydrogens is 411 g/mol. The molecule has 0 aliphatic carbocycles. The van der Waals surface area contributed by atoms with Crippen LogP contribution >= 0.6 is 11.3 Å². The lowest BCUT2D eigenvalue weighted by Gasteiger charge is -2.09. The number of anilines is 1. The Kier molecular flexibility index (Phi) is 6.82. The van der Waals surface area contributed by atoms with Gasteiger partial charge in [-0.15, -0.1) is 11.3 Å². The SMILES string of the molecule is OCCC#Cc1csc2c(NCCCc3ccccc3)nc(-c3ccncc3F)nc12. The largest absolute Gasteiger partial charge is 0.395 e. The summed E-state index contributed by atoms with van der Waals surface area (Å²) in [5.74, 6) is 6.48. The number of aliphatic hydroxyl groups is 1. The molecular formula is C24H21FN4OS. The van der Waals surface area contributed by atoms with Gasteiger partial charge in [-0.1, -0.05) is 42.2 Å². The van der Waals surface area contributed by atoms with Gasteiger partial charge in [0.25, 0.3) is 0 Å². The fourth-order valence-corrected chi connectivity index (χ4v) is 4.06. The Balaban J connectivity index is 1.64. The number of hydrogen-bond donors (Lipinski definition) is 2. The van der Waals surface area contributed by atoms with Gasteiger partial charge >= 0.3 is 0 Å². The molecule has 0 spiro atoms. The zero-order valence-electron chi connectivity index (χ0n) is 16.8. The van der Waals surface area contributed by atoms with Crippen LogP contribution in [0, 0.1) is 17.7 Å². The molecule has 1 aromatic carbocycles. The minimum Gasteiger partial charge on any atom is -0.395 e. The molecule has 5 nitrogen and oxygen atoms in total. The van der Waals surface area contributed by atoms with E-state index in [9.17, 15) is 4.39 Å². The highest BCUT2D eigenvalue weighted by Crippen LogP contribution is 2.32. The molecule has 3 heterocycles. The predicted molar refractivity (Wildman–Crippen MR) is 122 cm³/mol. The van der Waals surface area contributed by atoms with E-state index < -0.39 is 5.82 Å². The van der Waals surface area contributed by atoms with Crippen molar-refractivity contribution in [1.29, 1.82) is 0 Å². The van der Waals surface area contributed by atoms with Gasteiger partial charge in [0.2, 0.25) is 0 Å². The number of aromatic nitrogens is 3. The number of thiophene rings is 1. The van der Waals surface area contributed by atoms with Crippen LogP contribution in [0.25, 0.3) is 21.6 Å². The fraction of sp³-hybridized carbons (Fsp3) is 0.208. The topological polar surface area (TPSA) is 70.9 Å². The summed E-state index contributed by atoms with van der Waals surface area (Å²) in [6, 6.07) is 11.9. The van der Waals surface area contributed by atoms with E-state index in [-0.39, 0.29) is 6.61 Å². The Morgan fingerprint density at radius 2 is 2.00 bits per heavy atom. The summed E-state index contributed by atoms with van der Waals surface area (Å²) < 4.78 is 15.2. The third-order valence-electron chi connectivity index (χ3n) is 4.67. The number of rotatable bonds is 7.